The third-order valence-corrected chi connectivity index (χ3v) is 3.21. The van der Waals surface area contributed by atoms with Crippen LogP contribution in [0.1, 0.15) is 18.3 Å². The van der Waals surface area contributed by atoms with Gasteiger partial charge in [-0.25, -0.2) is 0 Å². The number of hydrogen-bond donors (Lipinski definition) is 1. The molecule has 0 spiro atoms. The molecule has 3 nitrogen and oxygen atoms in total. The zero-order valence-corrected chi connectivity index (χ0v) is 10.4. The molecule has 1 atom stereocenters. The van der Waals surface area contributed by atoms with E-state index in [-0.39, 0.29) is 5.54 Å². The van der Waals surface area contributed by atoms with Crippen molar-refractivity contribution in [2.24, 2.45) is 5.73 Å². The van der Waals surface area contributed by atoms with E-state index in [1.54, 1.807) is 0 Å². The summed E-state index contributed by atoms with van der Waals surface area (Å²) in [6.45, 7) is 2.77. The summed E-state index contributed by atoms with van der Waals surface area (Å²) in [6, 6.07) is 6.11. The Morgan fingerprint density at radius 3 is 3.00 bits per heavy atom. The maximum Gasteiger partial charge on any atom is 0.0979 e. The van der Waals surface area contributed by atoms with Crippen molar-refractivity contribution >= 4 is 0 Å². The van der Waals surface area contributed by atoms with Crippen LogP contribution in [0.25, 0.3) is 0 Å². The summed E-state index contributed by atoms with van der Waals surface area (Å²) in [4.78, 5) is 6.72. The Hall–Kier alpha value is -1.61. The minimum Gasteiger partial charge on any atom is -0.358 e. The second-order valence-electron chi connectivity index (χ2n) is 4.41. The Balaban J connectivity index is 2.35. The fraction of sp³-hybridized carbons (Fsp3) is 0.357. The molecule has 0 aliphatic carbocycles. The fourth-order valence-corrected chi connectivity index (χ4v) is 1.94. The topological polar surface area (TPSA) is 42.1 Å². The van der Waals surface area contributed by atoms with Gasteiger partial charge in [0.05, 0.1) is 17.4 Å². The molecular weight excluding hydrogens is 210 g/mol. The highest BCUT2D eigenvalue weighted by atomic mass is 15.2. The van der Waals surface area contributed by atoms with E-state index in [9.17, 15) is 0 Å². The molecule has 3 heteroatoms. The summed E-state index contributed by atoms with van der Waals surface area (Å²) >= 11 is 0. The van der Waals surface area contributed by atoms with Crippen molar-refractivity contribution in [2.45, 2.75) is 18.9 Å². The average molecular weight is 228 g/mol. The Morgan fingerprint density at radius 2 is 2.29 bits per heavy atom. The van der Waals surface area contributed by atoms with Crippen LogP contribution >= 0.6 is 0 Å². The van der Waals surface area contributed by atoms with E-state index < -0.39 is 0 Å². The van der Waals surface area contributed by atoms with Gasteiger partial charge in [-0.05, 0) is 31.7 Å². The van der Waals surface area contributed by atoms with Crippen LogP contribution in [-0.4, -0.2) is 23.5 Å². The van der Waals surface area contributed by atoms with Gasteiger partial charge in [-0.15, -0.1) is 0 Å². The van der Waals surface area contributed by atoms with Crippen LogP contribution < -0.4 is 5.73 Å². The highest BCUT2D eigenvalue weighted by Crippen LogP contribution is 2.29. The zero-order chi connectivity index (χ0) is 12.3. The zero-order valence-electron chi connectivity index (χ0n) is 10.4. The van der Waals surface area contributed by atoms with Crippen molar-refractivity contribution in [1.29, 1.82) is 0 Å². The molecule has 0 bridgehead atoms. The Morgan fingerprint density at radius 1 is 1.47 bits per heavy atom. The van der Waals surface area contributed by atoms with Crippen LogP contribution in [0.3, 0.4) is 0 Å². The molecular formula is C14H18N3. The minimum absolute atomic E-state index is 0.223. The first-order valence-electron chi connectivity index (χ1n) is 5.84. The largest absolute Gasteiger partial charge is 0.358 e. The standard InChI is InChI=1S/C14H18N3/c1-14(9-3-4-11-17(14)2)13-7-5-6-12(16-13)8-10-15/h3-7,9H,8,10,15H2,1-2H3. The number of likely N-dealkylation sites (N-methyl/N-ethyl adjacent to an activating group) is 1. The molecule has 1 radical (unpaired) electrons. The van der Waals surface area contributed by atoms with Gasteiger partial charge in [0.15, 0.2) is 0 Å². The van der Waals surface area contributed by atoms with Crippen molar-refractivity contribution < 1.29 is 0 Å². The molecule has 1 aromatic heterocycles. The Labute approximate surface area is 103 Å². The van der Waals surface area contributed by atoms with Gasteiger partial charge in [0, 0.05) is 19.2 Å². The molecule has 2 heterocycles. The smallest absolute Gasteiger partial charge is 0.0979 e. The van der Waals surface area contributed by atoms with Gasteiger partial charge < -0.3 is 10.6 Å². The third-order valence-electron chi connectivity index (χ3n) is 3.21. The molecule has 1 aliphatic rings. The van der Waals surface area contributed by atoms with Crippen LogP contribution in [0.4, 0.5) is 0 Å². The quantitative estimate of drug-likeness (QED) is 0.854. The summed E-state index contributed by atoms with van der Waals surface area (Å²) < 4.78 is 0. The first-order chi connectivity index (χ1) is 8.16. The minimum atomic E-state index is -0.223. The van der Waals surface area contributed by atoms with Gasteiger partial charge in [-0.3, -0.25) is 4.98 Å². The summed E-state index contributed by atoms with van der Waals surface area (Å²) in [7, 11) is 2.01. The normalized spacial score (nSPS) is 23.1. The molecule has 89 valence electrons. The molecule has 0 amide bonds. The number of hydrogen-bond acceptors (Lipinski definition) is 3. The van der Waals surface area contributed by atoms with Crippen LogP contribution in [0.2, 0.25) is 0 Å². The van der Waals surface area contributed by atoms with E-state index in [4.69, 9.17) is 5.73 Å². The number of rotatable bonds is 3. The maximum atomic E-state index is 5.57. The first-order valence-corrected chi connectivity index (χ1v) is 5.84. The van der Waals surface area contributed by atoms with Gasteiger partial charge in [0.2, 0.25) is 0 Å². The van der Waals surface area contributed by atoms with Gasteiger partial charge in [-0.1, -0.05) is 18.2 Å². The van der Waals surface area contributed by atoms with E-state index in [1.165, 1.54) is 0 Å². The molecule has 17 heavy (non-hydrogen) atoms. The van der Waals surface area contributed by atoms with Crippen molar-refractivity contribution in [3.05, 3.63) is 54.0 Å². The second-order valence-corrected chi connectivity index (χ2v) is 4.41. The van der Waals surface area contributed by atoms with E-state index >= 15 is 0 Å². The summed E-state index contributed by atoms with van der Waals surface area (Å²) in [5.74, 6) is 0. The van der Waals surface area contributed by atoms with Gasteiger partial charge in [0.25, 0.3) is 0 Å². The predicted molar refractivity (Wildman–Crippen MR) is 69.1 cm³/mol. The number of aromatic nitrogens is 1. The SMILES string of the molecule is CN1[C]=CC=CC1(C)c1cccc(CCN)n1. The third kappa shape index (κ3) is 2.24. The fourth-order valence-electron chi connectivity index (χ4n) is 1.94. The molecule has 1 aliphatic heterocycles. The van der Waals surface area contributed by atoms with Crippen molar-refractivity contribution in [3.63, 3.8) is 0 Å². The molecule has 0 saturated carbocycles. The van der Waals surface area contributed by atoms with E-state index in [0.29, 0.717) is 6.54 Å². The number of nitrogens with two attached hydrogens (primary N) is 1. The number of nitrogens with zero attached hydrogens (tertiary/aromatic N) is 2. The van der Waals surface area contributed by atoms with Crippen LogP contribution in [0.15, 0.2) is 36.4 Å². The second kappa shape index (κ2) is 4.72. The van der Waals surface area contributed by atoms with Crippen LogP contribution in [0.5, 0.6) is 0 Å². The van der Waals surface area contributed by atoms with Gasteiger partial charge in [0.1, 0.15) is 0 Å². The molecule has 0 fully saturated rings. The summed E-state index contributed by atoms with van der Waals surface area (Å²) in [5, 5.41) is 0. The Kier molecular flexibility index (Phi) is 3.29. The summed E-state index contributed by atoms with van der Waals surface area (Å²) in [5.41, 5.74) is 7.42. The lowest BCUT2D eigenvalue weighted by molar-refractivity contribution is 0.241. The molecule has 2 rings (SSSR count). The lowest BCUT2D eigenvalue weighted by atomic mass is 9.93. The predicted octanol–water partition coefficient (Wildman–Crippen LogP) is 1.62. The molecule has 0 aromatic carbocycles. The van der Waals surface area contributed by atoms with E-state index in [1.807, 2.05) is 42.3 Å². The lowest BCUT2D eigenvalue weighted by Crippen LogP contribution is -2.38. The van der Waals surface area contributed by atoms with Crippen LogP contribution in [0, 0.1) is 6.20 Å². The number of allylic oxidation sites excluding steroid dienone is 2. The molecule has 1 unspecified atom stereocenters. The van der Waals surface area contributed by atoms with E-state index in [0.717, 1.165) is 17.8 Å². The van der Waals surface area contributed by atoms with Crippen molar-refractivity contribution in [2.75, 3.05) is 13.6 Å². The monoisotopic (exact) mass is 228 g/mol. The molecule has 1 aromatic rings. The Bertz CT molecular complexity index is 451. The highest BCUT2D eigenvalue weighted by Gasteiger charge is 2.29. The molecule has 0 saturated heterocycles. The average Bonchev–Trinajstić information content (AvgIpc) is 2.34. The summed E-state index contributed by atoms with van der Waals surface area (Å²) in [6.07, 6.45) is 10.1. The van der Waals surface area contributed by atoms with Gasteiger partial charge in [-0.2, -0.15) is 0 Å². The number of pyridine rings is 1. The molecule has 2 N–H and O–H groups in total. The maximum absolute atomic E-state index is 5.57. The lowest BCUT2D eigenvalue weighted by Gasteiger charge is -2.36. The highest BCUT2D eigenvalue weighted by molar-refractivity contribution is 5.28. The van der Waals surface area contributed by atoms with Crippen LogP contribution in [-0.2, 0) is 12.0 Å². The van der Waals surface area contributed by atoms with Gasteiger partial charge >= 0.3 is 0 Å². The van der Waals surface area contributed by atoms with Crippen molar-refractivity contribution in [1.82, 2.24) is 9.88 Å². The van der Waals surface area contributed by atoms with E-state index in [2.05, 4.69) is 24.2 Å². The van der Waals surface area contributed by atoms with Crippen molar-refractivity contribution in [3.8, 4) is 0 Å². The first kappa shape index (κ1) is 11.9.